The van der Waals surface area contributed by atoms with Gasteiger partial charge in [0, 0.05) is 13.0 Å². The lowest BCUT2D eigenvalue weighted by Crippen LogP contribution is -2.12. The number of carbonyl (C=O) groups is 1. The van der Waals surface area contributed by atoms with Crippen LogP contribution >= 0.6 is 0 Å². The fourth-order valence-electron chi connectivity index (χ4n) is 1.54. The number of methoxy groups -OCH3 is 1. The summed E-state index contributed by atoms with van der Waals surface area (Å²) < 4.78 is 15.6. The summed E-state index contributed by atoms with van der Waals surface area (Å²) in [5.74, 6) is -0.269. The number of rotatable bonds is 2. The minimum atomic E-state index is -1.14. The van der Waals surface area contributed by atoms with Crippen LogP contribution in [-0.4, -0.2) is 24.5 Å². The normalized spacial score (nSPS) is 17.2. The Morgan fingerprint density at radius 2 is 2.12 bits per heavy atom. The number of aromatic carboxylic acids is 1. The van der Waals surface area contributed by atoms with Crippen molar-refractivity contribution in [3.05, 3.63) is 11.6 Å². The predicted octanol–water partition coefficient (Wildman–Crippen LogP) is 1.09. The van der Waals surface area contributed by atoms with Crippen LogP contribution in [0.1, 0.15) is 17.3 Å². The molecular formula is C10H11NO5. The average molecular weight is 225 g/mol. The summed E-state index contributed by atoms with van der Waals surface area (Å²) in [6, 6.07) is 1.32. The molecule has 0 saturated heterocycles. The Labute approximate surface area is 91.5 Å². The highest BCUT2D eigenvalue weighted by molar-refractivity contribution is 5.97. The van der Waals surface area contributed by atoms with Crippen molar-refractivity contribution in [1.82, 2.24) is 0 Å². The van der Waals surface area contributed by atoms with Crippen LogP contribution < -0.4 is 19.9 Å². The van der Waals surface area contributed by atoms with Gasteiger partial charge >= 0.3 is 5.97 Å². The molecule has 0 radical (unpaired) electrons. The van der Waals surface area contributed by atoms with Crippen molar-refractivity contribution >= 4 is 11.7 Å². The Bertz CT molecular complexity index is 457. The Kier molecular flexibility index (Phi) is 2.26. The minimum absolute atomic E-state index is 0.0488. The minimum Gasteiger partial charge on any atom is -0.493 e. The van der Waals surface area contributed by atoms with Crippen LogP contribution in [0.4, 0.5) is 5.69 Å². The van der Waals surface area contributed by atoms with E-state index < -0.39 is 12.3 Å². The van der Waals surface area contributed by atoms with E-state index in [4.69, 9.17) is 25.1 Å². The third-order valence-electron chi connectivity index (χ3n) is 2.26. The van der Waals surface area contributed by atoms with Crippen molar-refractivity contribution in [2.24, 2.45) is 0 Å². The van der Waals surface area contributed by atoms with Crippen molar-refractivity contribution < 1.29 is 24.1 Å². The van der Waals surface area contributed by atoms with E-state index in [1.165, 1.54) is 13.2 Å². The van der Waals surface area contributed by atoms with E-state index in [1.54, 1.807) is 6.92 Å². The zero-order chi connectivity index (χ0) is 11.9. The number of carboxylic acid groups (broad SMARTS) is 1. The maximum absolute atomic E-state index is 10.9. The molecule has 0 fully saturated rings. The first kappa shape index (κ1) is 10.4. The van der Waals surface area contributed by atoms with Crippen LogP contribution in [0, 0.1) is 0 Å². The van der Waals surface area contributed by atoms with E-state index in [9.17, 15) is 4.79 Å². The molecule has 6 heteroatoms. The van der Waals surface area contributed by atoms with Crippen LogP contribution in [0.15, 0.2) is 6.07 Å². The molecule has 1 aliphatic rings. The third kappa shape index (κ3) is 1.39. The van der Waals surface area contributed by atoms with Gasteiger partial charge < -0.3 is 25.1 Å². The van der Waals surface area contributed by atoms with Gasteiger partial charge in [0.05, 0.1) is 18.4 Å². The van der Waals surface area contributed by atoms with E-state index in [2.05, 4.69) is 0 Å². The summed E-state index contributed by atoms with van der Waals surface area (Å²) in [4.78, 5) is 10.9. The van der Waals surface area contributed by atoms with Gasteiger partial charge in [0.2, 0.25) is 12.0 Å². The number of hydrogen-bond donors (Lipinski definition) is 2. The first-order valence-electron chi connectivity index (χ1n) is 4.61. The Morgan fingerprint density at radius 3 is 2.69 bits per heavy atom. The van der Waals surface area contributed by atoms with Crippen LogP contribution in [-0.2, 0) is 0 Å². The second kappa shape index (κ2) is 3.48. The molecule has 1 aromatic carbocycles. The van der Waals surface area contributed by atoms with E-state index in [1.807, 2.05) is 0 Å². The van der Waals surface area contributed by atoms with Gasteiger partial charge in [0.15, 0.2) is 11.5 Å². The number of carboxylic acids is 1. The molecule has 0 saturated carbocycles. The fraction of sp³-hybridized carbons (Fsp3) is 0.300. The first-order chi connectivity index (χ1) is 7.54. The van der Waals surface area contributed by atoms with Gasteiger partial charge in [-0.25, -0.2) is 4.79 Å². The number of anilines is 1. The van der Waals surface area contributed by atoms with Crippen molar-refractivity contribution in [2.75, 3.05) is 12.8 Å². The molecular weight excluding hydrogens is 214 g/mol. The number of hydrogen-bond acceptors (Lipinski definition) is 5. The molecule has 1 aliphatic heterocycles. The molecule has 0 amide bonds. The summed E-state index contributed by atoms with van der Waals surface area (Å²) in [5.41, 5.74) is 5.67. The lowest BCUT2D eigenvalue weighted by Gasteiger charge is -2.08. The molecule has 1 aromatic rings. The van der Waals surface area contributed by atoms with E-state index in [-0.39, 0.29) is 17.0 Å². The topological polar surface area (TPSA) is 91.0 Å². The number of ether oxygens (including phenoxy) is 3. The molecule has 0 aliphatic carbocycles. The van der Waals surface area contributed by atoms with Crippen LogP contribution in [0.25, 0.3) is 0 Å². The lowest BCUT2D eigenvalue weighted by molar-refractivity contribution is 0.0661. The molecule has 86 valence electrons. The maximum atomic E-state index is 10.9. The van der Waals surface area contributed by atoms with E-state index in [0.29, 0.717) is 11.5 Å². The van der Waals surface area contributed by atoms with Crippen LogP contribution in [0.5, 0.6) is 17.2 Å². The number of nitrogen functional groups attached to an aromatic ring is 1. The van der Waals surface area contributed by atoms with Gasteiger partial charge in [-0.3, -0.25) is 0 Å². The quantitative estimate of drug-likeness (QED) is 0.732. The second-order valence-electron chi connectivity index (χ2n) is 3.31. The summed E-state index contributed by atoms with van der Waals surface area (Å²) in [5, 5.41) is 8.95. The third-order valence-corrected chi connectivity index (χ3v) is 2.26. The number of benzene rings is 1. The number of fused-ring (bicyclic) bond motifs is 1. The molecule has 1 unspecified atom stereocenters. The SMILES string of the molecule is COc1cc(C(=O)O)c(N)c2c1OC(C)O2. The average Bonchev–Trinajstić information content (AvgIpc) is 2.60. The molecule has 2 rings (SSSR count). The molecule has 1 atom stereocenters. The van der Waals surface area contributed by atoms with Crippen molar-refractivity contribution in [1.29, 1.82) is 0 Å². The summed E-state index contributed by atoms with van der Waals surface area (Å²) in [6.07, 6.45) is -0.504. The highest BCUT2D eigenvalue weighted by Gasteiger charge is 2.30. The lowest BCUT2D eigenvalue weighted by atomic mass is 10.1. The molecule has 0 aromatic heterocycles. The molecule has 0 bridgehead atoms. The van der Waals surface area contributed by atoms with Gasteiger partial charge in [-0.2, -0.15) is 0 Å². The molecule has 0 spiro atoms. The largest absolute Gasteiger partial charge is 0.493 e. The number of nitrogens with two attached hydrogens (primary N) is 1. The smallest absolute Gasteiger partial charge is 0.338 e. The zero-order valence-electron chi connectivity index (χ0n) is 8.81. The Hall–Kier alpha value is -2.11. The molecule has 16 heavy (non-hydrogen) atoms. The van der Waals surface area contributed by atoms with Crippen molar-refractivity contribution in [2.45, 2.75) is 13.2 Å². The van der Waals surface area contributed by atoms with Gasteiger partial charge in [-0.1, -0.05) is 0 Å². The highest BCUT2D eigenvalue weighted by Crippen LogP contribution is 2.48. The van der Waals surface area contributed by atoms with Gasteiger partial charge in [0.25, 0.3) is 0 Å². The van der Waals surface area contributed by atoms with Crippen molar-refractivity contribution in [3.63, 3.8) is 0 Å². The van der Waals surface area contributed by atoms with Crippen molar-refractivity contribution in [3.8, 4) is 17.2 Å². The molecule has 3 N–H and O–H groups in total. The van der Waals surface area contributed by atoms with E-state index >= 15 is 0 Å². The van der Waals surface area contributed by atoms with Gasteiger partial charge in [-0.15, -0.1) is 0 Å². The maximum Gasteiger partial charge on any atom is 0.338 e. The van der Waals surface area contributed by atoms with Gasteiger partial charge in [0.1, 0.15) is 0 Å². The molecule has 6 nitrogen and oxygen atoms in total. The fourth-order valence-corrected chi connectivity index (χ4v) is 1.54. The first-order valence-corrected chi connectivity index (χ1v) is 4.61. The van der Waals surface area contributed by atoms with Crippen LogP contribution in [0.2, 0.25) is 0 Å². The Balaban J connectivity index is 2.64. The second-order valence-corrected chi connectivity index (χ2v) is 3.31. The summed E-state index contributed by atoms with van der Waals surface area (Å²) in [7, 11) is 1.42. The monoisotopic (exact) mass is 225 g/mol. The zero-order valence-corrected chi connectivity index (χ0v) is 8.81. The van der Waals surface area contributed by atoms with E-state index in [0.717, 1.165) is 0 Å². The molecule has 1 heterocycles. The Morgan fingerprint density at radius 1 is 1.50 bits per heavy atom. The standard InChI is InChI=1S/C10H11NO5/c1-4-15-8-6(14-2)3-5(10(12)13)7(11)9(8)16-4/h3-4H,11H2,1-2H3,(H,12,13). The van der Waals surface area contributed by atoms with Crippen LogP contribution in [0.3, 0.4) is 0 Å². The predicted molar refractivity (Wildman–Crippen MR) is 55.1 cm³/mol. The van der Waals surface area contributed by atoms with Gasteiger partial charge in [-0.05, 0) is 0 Å². The summed E-state index contributed by atoms with van der Waals surface area (Å²) >= 11 is 0. The summed E-state index contributed by atoms with van der Waals surface area (Å²) in [6.45, 7) is 1.68. The highest BCUT2D eigenvalue weighted by atomic mass is 16.7.